The number of amides is 1. The number of likely N-dealkylation sites (tertiary alicyclic amines) is 1. The molecule has 0 aromatic heterocycles. The standard InChI is InChI=1S/C14H19FN2O/c1-14(2)6-3-7-17(9-14)13(18)11-8-10(16)4-5-12(11)15/h4-5,8H,3,6-7,9,16H2,1-2H3. The molecule has 0 saturated carbocycles. The van der Waals surface area contributed by atoms with E-state index in [1.807, 2.05) is 0 Å². The summed E-state index contributed by atoms with van der Waals surface area (Å²) in [6.07, 6.45) is 2.05. The van der Waals surface area contributed by atoms with Crippen molar-refractivity contribution < 1.29 is 9.18 Å². The third kappa shape index (κ3) is 2.63. The second-order valence-electron chi connectivity index (χ2n) is 5.73. The Bertz CT molecular complexity index is 471. The SMILES string of the molecule is CC1(C)CCCN(C(=O)c2cc(N)ccc2F)C1. The number of halogens is 1. The first-order chi connectivity index (χ1) is 8.39. The zero-order valence-electron chi connectivity index (χ0n) is 10.9. The van der Waals surface area contributed by atoms with Crippen molar-refractivity contribution in [3.05, 3.63) is 29.6 Å². The molecule has 1 aliphatic heterocycles. The van der Waals surface area contributed by atoms with Crippen molar-refractivity contribution >= 4 is 11.6 Å². The minimum absolute atomic E-state index is 0.0766. The van der Waals surface area contributed by atoms with Gasteiger partial charge >= 0.3 is 0 Å². The Morgan fingerprint density at radius 2 is 2.17 bits per heavy atom. The summed E-state index contributed by atoms with van der Waals surface area (Å²) in [7, 11) is 0. The van der Waals surface area contributed by atoms with E-state index >= 15 is 0 Å². The topological polar surface area (TPSA) is 46.3 Å². The summed E-state index contributed by atoms with van der Waals surface area (Å²) in [5.41, 5.74) is 6.20. The number of hydrogen-bond donors (Lipinski definition) is 1. The second-order valence-corrected chi connectivity index (χ2v) is 5.73. The van der Waals surface area contributed by atoms with Crippen LogP contribution in [0, 0.1) is 11.2 Å². The number of anilines is 1. The van der Waals surface area contributed by atoms with Gasteiger partial charge in [-0.05, 0) is 36.5 Å². The maximum Gasteiger partial charge on any atom is 0.256 e. The normalized spacial score (nSPS) is 18.7. The Labute approximate surface area is 107 Å². The van der Waals surface area contributed by atoms with Gasteiger partial charge < -0.3 is 10.6 Å². The van der Waals surface area contributed by atoms with Gasteiger partial charge in [0, 0.05) is 18.8 Å². The van der Waals surface area contributed by atoms with E-state index < -0.39 is 5.82 Å². The van der Waals surface area contributed by atoms with Gasteiger partial charge in [-0.2, -0.15) is 0 Å². The quantitative estimate of drug-likeness (QED) is 0.779. The van der Waals surface area contributed by atoms with Crippen LogP contribution in [0.15, 0.2) is 18.2 Å². The third-order valence-corrected chi connectivity index (χ3v) is 3.41. The number of nitrogens with zero attached hydrogens (tertiary/aromatic N) is 1. The van der Waals surface area contributed by atoms with Crippen molar-refractivity contribution in [2.24, 2.45) is 5.41 Å². The van der Waals surface area contributed by atoms with Crippen LogP contribution in [0.25, 0.3) is 0 Å². The lowest BCUT2D eigenvalue weighted by Crippen LogP contribution is -2.43. The molecule has 0 unspecified atom stereocenters. The molecule has 4 heteroatoms. The molecule has 1 aromatic rings. The number of benzene rings is 1. The molecule has 1 saturated heterocycles. The first-order valence-corrected chi connectivity index (χ1v) is 6.23. The van der Waals surface area contributed by atoms with Crippen LogP contribution in [0.1, 0.15) is 37.0 Å². The minimum Gasteiger partial charge on any atom is -0.399 e. The summed E-state index contributed by atoms with van der Waals surface area (Å²) in [4.78, 5) is 14.0. The largest absolute Gasteiger partial charge is 0.399 e. The Kier molecular flexibility index (Phi) is 3.28. The number of hydrogen-bond acceptors (Lipinski definition) is 2. The fraction of sp³-hybridized carbons (Fsp3) is 0.500. The molecule has 2 rings (SSSR count). The maximum absolute atomic E-state index is 13.7. The molecule has 0 radical (unpaired) electrons. The van der Waals surface area contributed by atoms with E-state index in [0.717, 1.165) is 12.8 Å². The van der Waals surface area contributed by atoms with E-state index in [1.165, 1.54) is 18.2 Å². The van der Waals surface area contributed by atoms with Crippen LogP contribution in [-0.4, -0.2) is 23.9 Å². The highest BCUT2D eigenvalue weighted by Crippen LogP contribution is 2.29. The average molecular weight is 250 g/mol. The van der Waals surface area contributed by atoms with E-state index in [-0.39, 0.29) is 16.9 Å². The number of carbonyl (C=O) groups excluding carboxylic acids is 1. The van der Waals surface area contributed by atoms with Gasteiger partial charge in [-0.1, -0.05) is 13.8 Å². The Morgan fingerprint density at radius 1 is 1.44 bits per heavy atom. The van der Waals surface area contributed by atoms with Gasteiger partial charge in [-0.3, -0.25) is 4.79 Å². The van der Waals surface area contributed by atoms with Gasteiger partial charge in [0.2, 0.25) is 0 Å². The zero-order valence-corrected chi connectivity index (χ0v) is 10.9. The van der Waals surface area contributed by atoms with Gasteiger partial charge in [0.05, 0.1) is 5.56 Å². The molecule has 0 aliphatic carbocycles. The molecule has 3 nitrogen and oxygen atoms in total. The second kappa shape index (κ2) is 4.59. The molecule has 98 valence electrons. The van der Waals surface area contributed by atoms with E-state index in [1.54, 1.807) is 4.90 Å². The molecular formula is C14H19FN2O. The third-order valence-electron chi connectivity index (χ3n) is 3.41. The van der Waals surface area contributed by atoms with Crippen molar-refractivity contribution in [3.8, 4) is 0 Å². The van der Waals surface area contributed by atoms with Gasteiger partial charge in [0.1, 0.15) is 5.82 Å². The molecule has 1 aliphatic rings. The van der Waals surface area contributed by atoms with Crippen LogP contribution in [0.5, 0.6) is 0 Å². The monoisotopic (exact) mass is 250 g/mol. The highest BCUT2D eigenvalue weighted by Gasteiger charge is 2.30. The predicted octanol–water partition coefficient (Wildman–Crippen LogP) is 2.67. The molecule has 1 fully saturated rings. The Morgan fingerprint density at radius 3 is 2.83 bits per heavy atom. The maximum atomic E-state index is 13.7. The molecule has 1 heterocycles. The Balaban J connectivity index is 2.23. The van der Waals surface area contributed by atoms with Gasteiger partial charge in [0.15, 0.2) is 0 Å². The highest BCUT2D eigenvalue weighted by atomic mass is 19.1. The first kappa shape index (κ1) is 12.9. The van der Waals surface area contributed by atoms with E-state index in [0.29, 0.717) is 18.8 Å². The molecule has 0 atom stereocenters. The lowest BCUT2D eigenvalue weighted by molar-refractivity contribution is 0.0579. The summed E-state index contributed by atoms with van der Waals surface area (Å²) < 4.78 is 13.7. The van der Waals surface area contributed by atoms with Crippen molar-refractivity contribution in [2.45, 2.75) is 26.7 Å². The van der Waals surface area contributed by atoms with Crippen molar-refractivity contribution in [2.75, 3.05) is 18.8 Å². The summed E-state index contributed by atoms with van der Waals surface area (Å²) in [6.45, 7) is 5.61. The van der Waals surface area contributed by atoms with E-state index in [4.69, 9.17) is 5.73 Å². The molecule has 1 amide bonds. The zero-order chi connectivity index (χ0) is 13.3. The van der Waals surface area contributed by atoms with Gasteiger partial charge in [0.25, 0.3) is 5.91 Å². The number of nitrogens with two attached hydrogens (primary N) is 1. The van der Waals surface area contributed by atoms with Crippen LogP contribution in [0.2, 0.25) is 0 Å². The van der Waals surface area contributed by atoms with Gasteiger partial charge in [-0.25, -0.2) is 4.39 Å². The number of nitrogen functional groups attached to an aromatic ring is 1. The van der Waals surface area contributed by atoms with Crippen LogP contribution in [0.3, 0.4) is 0 Å². The van der Waals surface area contributed by atoms with E-state index in [9.17, 15) is 9.18 Å². The lowest BCUT2D eigenvalue weighted by Gasteiger charge is -2.38. The molecule has 18 heavy (non-hydrogen) atoms. The molecule has 0 bridgehead atoms. The minimum atomic E-state index is -0.502. The number of carbonyl (C=O) groups is 1. The molecule has 1 aromatic carbocycles. The van der Waals surface area contributed by atoms with Crippen LogP contribution < -0.4 is 5.73 Å². The predicted molar refractivity (Wildman–Crippen MR) is 69.7 cm³/mol. The summed E-state index contributed by atoms with van der Waals surface area (Å²) in [5.74, 6) is -0.759. The van der Waals surface area contributed by atoms with Crippen LogP contribution in [0.4, 0.5) is 10.1 Å². The smallest absolute Gasteiger partial charge is 0.256 e. The van der Waals surface area contributed by atoms with Crippen LogP contribution in [-0.2, 0) is 0 Å². The number of piperidine rings is 1. The summed E-state index contributed by atoms with van der Waals surface area (Å²) >= 11 is 0. The first-order valence-electron chi connectivity index (χ1n) is 6.23. The highest BCUT2D eigenvalue weighted by molar-refractivity contribution is 5.95. The van der Waals surface area contributed by atoms with Crippen molar-refractivity contribution in [1.29, 1.82) is 0 Å². The van der Waals surface area contributed by atoms with Crippen LogP contribution >= 0.6 is 0 Å². The molecule has 2 N–H and O–H groups in total. The van der Waals surface area contributed by atoms with E-state index in [2.05, 4.69) is 13.8 Å². The Hall–Kier alpha value is -1.58. The number of rotatable bonds is 1. The fourth-order valence-corrected chi connectivity index (χ4v) is 2.47. The summed E-state index contributed by atoms with van der Waals surface area (Å²) in [6, 6.07) is 4.13. The molecule has 0 spiro atoms. The van der Waals surface area contributed by atoms with Gasteiger partial charge in [-0.15, -0.1) is 0 Å². The van der Waals surface area contributed by atoms with Crippen molar-refractivity contribution in [1.82, 2.24) is 4.90 Å². The fourth-order valence-electron chi connectivity index (χ4n) is 2.47. The van der Waals surface area contributed by atoms with Crippen molar-refractivity contribution in [3.63, 3.8) is 0 Å². The average Bonchev–Trinajstić information content (AvgIpc) is 2.30. The lowest BCUT2D eigenvalue weighted by atomic mass is 9.84. The molecular weight excluding hydrogens is 231 g/mol. The summed E-state index contributed by atoms with van der Waals surface area (Å²) in [5, 5.41) is 0.